The Hall–Kier alpha value is -2.66. The number of rotatable bonds is 5. The molecule has 30 heavy (non-hydrogen) atoms. The molecule has 1 N–H and O–H groups in total. The molecule has 1 aliphatic rings. The molecule has 0 unspecified atom stereocenters. The van der Waals surface area contributed by atoms with Crippen LogP contribution in [0.5, 0.6) is 0 Å². The number of hydrogen-bond acceptors (Lipinski definition) is 5. The Bertz CT molecular complexity index is 1020. The monoisotopic (exact) mass is 445 g/mol. The molecule has 0 saturated carbocycles. The second-order valence-electron chi connectivity index (χ2n) is 6.74. The van der Waals surface area contributed by atoms with E-state index in [0.29, 0.717) is 18.8 Å². The molecule has 0 atom stereocenters. The molecule has 162 valence electrons. The normalized spacial score (nSPS) is 15.8. The predicted octanol–water partition coefficient (Wildman–Crippen LogP) is 2.88. The van der Waals surface area contributed by atoms with E-state index in [4.69, 9.17) is 0 Å². The van der Waals surface area contributed by atoms with Gasteiger partial charge >= 0.3 is 5.51 Å². The number of nitrogens with one attached hydrogen (secondary N) is 1. The van der Waals surface area contributed by atoms with Crippen molar-refractivity contribution in [3.05, 3.63) is 54.3 Å². The smallest absolute Gasteiger partial charge is 0.368 e. The summed E-state index contributed by atoms with van der Waals surface area (Å²) in [5.74, 6) is -0.831. The quantitative estimate of drug-likeness (QED) is 0.717. The van der Waals surface area contributed by atoms with Crippen LogP contribution in [0.25, 0.3) is 0 Å². The van der Waals surface area contributed by atoms with Crippen molar-refractivity contribution in [3.63, 3.8) is 0 Å². The van der Waals surface area contributed by atoms with Crippen LogP contribution >= 0.6 is 0 Å². The van der Waals surface area contributed by atoms with Gasteiger partial charge in [-0.3, -0.25) is 9.69 Å². The van der Waals surface area contributed by atoms with E-state index in [1.165, 1.54) is 36.4 Å². The van der Waals surface area contributed by atoms with Gasteiger partial charge in [-0.2, -0.15) is 13.2 Å². The number of benzene rings is 2. The maximum atomic E-state index is 13.2. The third-order valence-electron chi connectivity index (χ3n) is 4.65. The third kappa shape index (κ3) is 4.90. The summed E-state index contributed by atoms with van der Waals surface area (Å²) in [6.45, 7) is 1.20. The number of para-hydroxylation sites is 1. The Morgan fingerprint density at radius 2 is 1.67 bits per heavy atom. The van der Waals surface area contributed by atoms with Crippen LogP contribution in [-0.4, -0.2) is 57.5 Å². The van der Waals surface area contributed by atoms with Gasteiger partial charge in [0.15, 0.2) is 0 Å². The molecule has 0 aromatic heterocycles. The second kappa shape index (κ2) is 8.60. The first-order valence-electron chi connectivity index (χ1n) is 9.01. The number of hydrogen-bond donors (Lipinski definition) is 1. The molecule has 0 bridgehead atoms. The standard InChI is InChI=1S/C19H19F4N3O3S/c20-14-4-3-5-15(12-14)24-18(27)13-25-8-10-26(11-9-25)16-6-1-2-7-17(16)30(28,29)19(21,22)23/h1-7,12H,8-11,13H2,(H,24,27). The SMILES string of the molecule is O=C(CN1CCN(c2ccccc2S(=O)(=O)C(F)(F)F)CC1)Nc1cccc(F)c1. The van der Waals surface area contributed by atoms with E-state index in [1.807, 2.05) is 0 Å². The summed E-state index contributed by atoms with van der Waals surface area (Å²) in [7, 11) is -5.48. The average molecular weight is 445 g/mol. The number of carbonyl (C=O) groups is 1. The first kappa shape index (κ1) is 22.0. The molecule has 1 aliphatic heterocycles. The second-order valence-corrected chi connectivity index (χ2v) is 8.65. The molecule has 0 aliphatic carbocycles. The molecule has 3 rings (SSSR count). The van der Waals surface area contributed by atoms with Crippen molar-refractivity contribution < 1.29 is 30.8 Å². The van der Waals surface area contributed by atoms with Gasteiger partial charge in [0.25, 0.3) is 9.84 Å². The number of sulfone groups is 1. The van der Waals surface area contributed by atoms with E-state index in [9.17, 15) is 30.8 Å². The summed E-state index contributed by atoms with van der Waals surface area (Å²) in [4.78, 5) is 14.7. The number of nitrogens with zero attached hydrogens (tertiary/aromatic N) is 2. The lowest BCUT2D eigenvalue weighted by atomic mass is 10.2. The summed E-state index contributed by atoms with van der Waals surface area (Å²) in [6, 6.07) is 10.5. The van der Waals surface area contributed by atoms with Gasteiger partial charge in [0.05, 0.1) is 17.1 Å². The number of anilines is 2. The average Bonchev–Trinajstić information content (AvgIpc) is 2.67. The van der Waals surface area contributed by atoms with Crippen molar-refractivity contribution in [2.75, 3.05) is 42.9 Å². The minimum Gasteiger partial charge on any atom is -0.368 e. The molecule has 1 amide bonds. The highest BCUT2D eigenvalue weighted by Gasteiger charge is 2.48. The maximum absolute atomic E-state index is 13.2. The molecule has 0 radical (unpaired) electrons. The van der Waals surface area contributed by atoms with E-state index in [-0.39, 0.29) is 31.2 Å². The van der Waals surface area contributed by atoms with Crippen LogP contribution in [-0.2, 0) is 14.6 Å². The maximum Gasteiger partial charge on any atom is 0.501 e. The van der Waals surface area contributed by atoms with E-state index in [0.717, 1.165) is 6.07 Å². The van der Waals surface area contributed by atoms with Crippen LogP contribution in [0.3, 0.4) is 0 Å². The lowest BCUT2D eigenvalue weighted by Gasteiger charge is -2.36. The van der Waals surface area contributed by atoms with Gasteiger partial charge in [0.2, 0.25) is 5.91 Å². The van der Waals surface area contributed by atoms with Crippen LogP contribution in [0.4, 0.5) is 28.9 Å². The van der Waals surface area contributed by atoms with Gasteiger partial charge in [0.1, 0.15) is 5.82 Å². The minimum atomic E-state index is -5.48. The highest BCUT2D eigenvalue weighted by molar-refractivity contribution is 7.92. The van der Waals surface area contributed by atoms with Gasteiger partial charge < -0.3 is 10.2 Å². The minimum absolute atomic E-state index is 0.0151. The van der Waals surface area contributed by atoms with Crippen molar-refractivity contribution in [3.8, 4) is 0 Å². The summed E-state index contributed by atoms with van der Waals surface area (Å²) < 4.78 is 75.9. The van der Waals surface area contributed by atoms with Crippen molar-refractivity contribution >= 4 is 27.1 Å². The Morgan fingerprint density at radius 1 is 1.00 bits per heavy atom. The van der Waals surface area contributed by atoms with Crippen molar-refractivity contribution in [1.29, 1.82) is 0 Å². The largest absolute Gasteiger partial charge is 0.501 e. The van der Waals surface area contributed by atoms with Gasteiger partial charge in [0, 0.05) is 31.9 Å². The number of alkyl halides is 3. The van der Waals surface area contributed by atoms with Crippen LogP contribution in [0.15, 0.2) is 53.4 Å². The molecule has 1 heterocycles. The fourth-order valence-corrected chi connectivity index (χ4v) is 4.17. The predicted molar refractivity (Wildman–Crippen MR) is 103 cm³/mol. The van der Waals surface area contributed by atoms with Gasteiger partial charge in [-0.1, -0.05) is 18.2 Å². The number of carbonyl (C=O) groups excluding carboxylic acids is 1. The third-order valence-corrected chi connectivity index (χ3v) is 6.18. The van der Waals surface area contributed by atoms with Crippen LogP contribution in [0, 0.1) is 5.82 Å². The molecule has 1 fully saturated rings. The van der Waals surface area contributed by atoms with Crippen molar-refractivity contribution in [2.45, 2.75) is 10.4 Å². The highest BCUT2D eigenvalue weighted by atomic mass is 32.2. The summed E-state index contributed by atoms with van der Waals surface area (Å²) >= 11 is 0. The summed E-state index contributed by atoms with van der Waals surface area (Å²) in [5, 5.41) is 2.58. The molecule has 2 aromatic rings. The molecular weight excluding hydrogens is 426 g/mol. The molecule has 6 nitrogen and oxygen atoms in total. The van der Waals surface area contributed by atoms with Crippen LogP contribution in [0.1, 0.15) is 0 Å². The molecule has 1 saturated heterocycles. The lowest BCUT2D eigenvalue weighted by molar-refractivity contribution is -0.117. The van der Waals surface area contributed by atoms with E-state index >= 15 is 0 Å². The van der Waals surface area contributed by atoms with Crippen LogP contribution in [0.2, 0.25) is 0 Å². The van der Waals surface area contributed by atoms with Crippen molar-refractivity contribution in [2.24, 2.45) is 0 Å². The summed E-state index contributed by atoms with van der Waals surface area (Å²) in [5.41, 5.74) is -5.08. The lowest BCUT2D eigenvalue weighted by Crippen LogP contribution is -2.49. The fraction of sp³-hybridized carbons (Fsp3) is 0.316. The summed E-state index contributed by atoms with van der Waals surface area (Å²) in [6.07, 6.45) is 0. The van der Waals surface area contributed by atoms with Gasteiger partial charge in [-0.05, 0) is 30.3 Å². The molecule has 11 heteroatoms. The number of piperazine rings is 1. The molecule has 0 spiro atoms. The zero-order valence-electron chi connectivity index (χ0n) is 15.7. The number of halogens is 4. The zero-order valence-corrected chi connectivity index (χ0v) is 16.5. The van der Waals surface area contributed by atoms with E-state index < -0.39 is 26.1 Å². The topological polar surface area (TPSA) is 69.7 Å². The Labute approximate surface area is 171 Å². The Morgan fingerprint density at radius 3 is 2.30 bits per heavy atom. The fourth-order valence-electron chi connectivity index (χ4n) is 3.19. The highest BCUT2D eigenvalue weighted by Crippen LogP contribution is 2.36. The zero-order chi connectivity index (χ0) is 21.9. The van der Waals surface area contributed by atoms with E-state index in [1.54, 1.807) is 15.9 Å². The van der Waals surface area contributed by atoms with Crippen molar-refractivity contribution in [1.82, 2.24) is 4.90 Å². The van der Waals surface area contributed by atoms with E-state index in [2.05, 4.69) is 5.32 Å². The number of amides is 1. The Kier molecular flexibility index (Phi) is 6.32. The molecule has 2 aromatic carbocycles. The Balaban J connectivity index is 1.63. The first-order valence-corrected chi connectivity index (χ1v) is 10.5. The first-order chi connectivity index (χ1) is 14.1. The van der Waals surface area contributed by atoms with Crippen LogP contribution < -0.4 is 10.2 Å². The van der Waals surface area contributed by atoms with Gasteiger partial charge in [-0.15, -0.1) is 0 Å². The van der Waals surface area contributed by atoms with Gasteiger partial charge in [-0.25, -0.2) is 12.8 Å². The molecular formula is C19H19F4N3O3S.